The Labute approximate surface area is 180 Å². The maximum Gasteiger partial charge on any atom is 0.248 e. The molecular formula is C20H22ClN5O3S. The van der Waals surface area contributed by atoms with Gasteiger partial charge < -0.3 is 9.73 Å². The molecule has 2 unspecified atom stereocenters. The van der Waals surface area contributed by atoms with E-state index < -0.39 is 10.0 Å². The summed E-state index contributed by atoms with van der Waals surface area (Å²) in [5.41, 5.74) is 1.72. The molecule has 1 aliphatic rings. The largest absolute Gasteiger partial charge is 0.419 e. The van der Waals surface area contributed by atoms with E-state index in [1.54, 1.807) is 13.0 Å². The summed E-state index contributed by atoms with van der Waals surface area (Å²) in [7, 11) is -3.49. The fraction of sp³-hybridized carbons (Fsp3) is 0.350. The molecule has 0 aliphatic carbocycles. The Hall–Kier alpha value is -2.49. The first kappa shape index (κ1) is 20.8. The average molecular weight is 448 g/mol. The molecule has 4 rings (SSSR count). The number of benzene rings is 1. The van der Waals surface area contributed by atoms with Gasteiger partial charge in [0.05, 0.1) is 11.8 Å². The molecule has 1 saturated heterocycles. The zero-order valence-electron chi connectivity index (χ0n) is 16.4. The Balaban J connectivity index is 1.63. The lowest BCUT2D eigenvalue weighted by Crippen LogP contribution is -2.33. The van der Waals surface area contributed by atoms with Gasteiger partial charge in [-0.15, -0.1) is 10.2 Å². The van der Waals surface area contributed by atoms with Crippen LogP contribution < -0.4 is 10.0 Å². The Morgan fingerprint density at radius 2 is 2.03 bits per heavy atom. The van der Waals surface area contributed by atoms with Crippen LogP contribution in [0.1, 0.15) is 43.2 Å². The molecule has 3 aromatic rings. The molecule has 1 aliphatic heterocycles. The van der Waals surface area contributed by atoms with E-state index in [0.29, 0.717) is 11.5 Å². The summed E-state index contributed by atoms with van der Waals surface area (Å²) in [5, 5.41) is 12.0. The van der Waals surface area contributed by atoms with Gasteiger partial charge in [-0.1, -0.05) is 41.9 Å². The minimum Gasteiger partial charge on any atom is -0.419 e. The Morgan fingerprint density at radius 3 is 2.80 bits per heavy atom. The van der Waals surface area contributed by atoms with Gasteiger partial charge >= 0.3 is 0 Å². The number of sulfonamides is 1. The number of hydrogen-bond donors (Lipinski definition) is 2. The third-order valence-corrected chi connectivity index (χ3v) is 6.55. The normalized spacial score (nSPS) is 19.5. The number of rotatable bonds is 6. The van der Waals surface area contributed by atoms with Crippen molar-refractivity contribution in [3.05, 3.63) is 59.1 Å². The maximum absolute atomic E-state index is 11.9. The van der Waals surface area contributed by atoms with Crippen LogP contribution in [0.25, 0.3) is 11.5 Å². The zero-order chi connectivity index (χ0) is 21.1. The lowest BCUT2D eigenvalue weighted by atomic mass is 9.85. The van der Waals surface area contributed by atoms with Crippen molar-refractivity contribution in [3.8, 4) is 11.5 Å². The number of halogens is 1. The highest BCUT2D eigenvalue weighted by molar-refractivity contribution is 7.92. The highest BCUT2D eigenvalue weighted by Crippen LogP contribution is 2.37. The van der Waals surface area contributed by atoms with Crippen molar-refractivity contribution in [2.75, 3.05) is 17.0 Å². The van der Waals surface area contributed by atoms with Crippen LogP contribution in [0.15, 0.2) is 46.9 Å². The first-order valence-corrected chi connectivity index (χ1v) is 11.8. The summed E-state index contributed by atoms with van der Waals surface area (Å²) in [6, 6.07) is 13.3. The van der Waals surface area contributed by atoms with E-state index in [-0.39, 0.29) is 34.6 Å². The summed E-state index contributed by atoms with van der Waals surface area (Å²) < 4.78 is 32.1. The summed E-state index contributed by atoms with van der Waals surface area (Å²) in [4.78, 5) is 4.01. The predicted molar refractivity (Wildman–Crippen MR) is 115 cm³/mol. The van der Waals surface area contributed by atoms with Gasteiger partial charge in [-0.05, 0) is 44.0 Å². The molecule has 3 heterocycles. The summed E-state index contributed by atoms with van der Waals surface area (Å²) in [6.07, 6.45) is 2.08. The first-order chi connectivity index (χ1) is 14.4. The van der Waals surface area contributed by atoms with Crippen molar-refractivity contribution in [2.45, 2.75) is 31.7 Å². The molecule has 1 fully saturated rings. The predicted octanol–water partition coefficient (Wildman–Crippen LogP) is 3.75. The van der Waals surface area contributed by atoms with Crippen molar-refractivity contribution >= 4 is 27.4 Å². The molecule has 0 spiro atoms. The molecule has 10 heteroatoms. The van der Waals surface area contributed by atoms with Crippen molar-refractivity contribution < 1.29 is 12.8 Å². The highest BCUT2D eigenvalue weighted by Gasteiger charge is 2.31. The lowest BCUT2D eigenvalue weighted by Gasteiger charge is -2.30. The molecular weight excluding hydrogens is 426 g/mol. The Morgan fingerprint density at radius 1 is 1.23 bits per heavy atom. The molecule has 8 nitrogen and oxygen atoms in total. The Bertz CT molecular complexity index is 1120. The highest BCUT2D eigenvalue weighted by atomic mass is 35.5. The summed E-state index contributed by atoms with van der Waals surface area (Å²) in [6.45, 7) is 2.41. The van der Waals surface area contributed by atoms with E-state index >= 15 is 0 Å². The van der Waals surface area contributed by atoms with E-state index in [9.17, 15) is 8.42 Å². The van der Waals surface area contributed by atoms with E-state index in [0.717, 1.165) is 19.4 Å². The topological polar surface area (TPSA) is 110 Å². The fourth-order valence-electron chi connectivity index (χ4n) is 3.59. The van der Waals surface area contributed by atoms with E-state index in [1.165, 1.54) is 11.6 Å². The molecule has 0 amide bonds. The number of hydrogen-bond acceptors (Lipinski definition) is 7. The van der Waals surface area contributed by atoms with Gasteiger partial charge in [0.2, 0.25) is 21.8 Å². The zero-order valence-corrected chi connectivity index (χ0v) is 17.9. The standard InChI is InChI=1S/C20H22ClN5O3S/c1-2-30(27,28)26-17-12-14(11-16(21)23-17)19-24-25-20(29-19)18-15(9-6-10-22-18)13-7-4-3-5-8-13/h3-5,7-8,11-12,15,18,22H,2,6,9-10H2,1H3,(H,23,26). The van der Waals surface area contributed by atoms with Crippen molar-refractivity contribution in [2.24, 2.45) is 0 Å². The second-order valence-electron chi connectivity index (χ2n) is 7.11. The minimum atomic E-state index is -3.49. The SMILES string of the molecule is CCS(=O)(=O)Nc1cc(-c2nnc(C3NCCCC3c3ccccc3)o2)cc(Cl)n1. The maximum atomic E-state index is 11.9. The van der Waals surface area contributed by atoms with E-state index in [1.807, 2.05) is 18.2 Å². The van der Waals surface area contributed by atoms with Gasteiger partial charge in [0.15, 0.2) is 0 Å². The van der Waals surface area contributed by atoms with Crippen LogP contribution in [0.4, 0.5) is 5.82 Å². The molecule has 1 aromatic carbocycles. The van der Waals surface area contributed by atoms with Crippen LogP contribution in [0, 0.1) is 0 Å². The number of piperidine rings is 1. The van der Waals surface area contributed by atoms with Gasteiger partial charge in [0.1, 0.15) is 11.0 Å². The van der Waals surface area contributed by atoms with E-state index in [4.69, 9.17) is 16.0 Å². The molecule has 30 heavy (non-hydrogen) atoms. The quantitative estimate of drug-likeness (QED) is 0.553. The van der Waals surface area contributed by atoms with Gasteiger partial charge in [0, 0.05) is 11.5 Å². The average Bonchev–Trinajstić information content (AvgIpc) is 3.24. The number of anilines is 1. The molecule has 2 aromatic heterocycles. The smallest absolute Gasteiger partial charge is 0.248 e. The molecule has 0 saturated carbocycles. The van der Waals surface area contributed by atoms with Crippen molar-refractivity contribution in [3.63, 3.8) is 0 Å². The Kier molecular flexibility index (Phi) is 6.03. The summed E-state index contributed by atoms with van der Waals surface area (Å²) in [5.74, 6) is 1.00. The van der Waals surface area contributed by atoms with Gasteiger partial charge in [-0.3, -0.25) is 4.72 Å². The third-order valence-electron chi connectivity index (χ3n) is 5.07. The van der Waals surface area contributed by atoms with Crippen LogP contribution >= 0.6 is 11.6 Å². The lowest BCUT2D eigenvalue weighted by molar-refractivity contribution is 0.303. The van der Waals surface area contributed by atoms with E-state index in [2.05, 4.69) is 37.4 Å². The molecule has 2 N–H and O–H groups in total. The molecule has 158 valence electrons. The number of pyridine rings is 1. The molecule has 0 bridgehead atoms. The van der Waals surface area contributed by atoms with Crippen LogP contribution in [-0.2, 0) is 10.0 Å². The van der Waals surface area contributed by atoms with Crippen LogP contribution in [-0.4, -0.2) is 35.9 Å². The second kappa shape index (κ2) is 8.71. The molecule has 2 atom stereocenters. The van der Waals surface area contributed by atoms with Crippen molar-refractivity contribution in [1.82, 2.24) is 20.5 Å². The second-order valence-corrected chi connectivity index (χ2v) is 9.50. The van der Waals surface area contributed by atoms with Crippen LogP contribution in [0.2, 0.25) is 5.15 Å². The number of aromatic nitrogens is 3. The van der Waals surface area contributed by atoms with Gasteiger partial charge in [-0.2, -0.15) is 0 Å². The van der Waals surface area contributed by atoms with Crippen molar-refractivity contribution in [1.29, 1.82) is 0 Å². The van der Waals surface area contributed by atoms with Crippen LogP contribution in [0.5, 0.6) is 0 Å². The number of nitrogens with one attached hydrogen (secondary N) is 2. The van der Waals surface area contributed by atoms with Gasteiger partial charge in [-0.25, -0.2) is 13.4 Å². The molecule has 0 radical (unpaired) electrons. The summed E-state index contributed by atoms with van der Waals surface area (Å²) >= 11 is 6.08. The van der Waals surface area contributed by atoms with Crippen LogP contribution in [0.3, 0.4) is 0 Å². The number of nitrogens with zero attached hydrogens (tertiary/aromatic N) is 3. The minimum absolute atomic E-state index is 0.0740. The fourth-order valence-corrected chi connectivity index (χ4v) is 4.36. The van der Waals surface area contributed by atoms with Gasteiger partial charge in [0.25, 0.3) is 0 Å². The third kappa shape index (κ3) is 4.63. The monoisotopic (exact) mass is 447 g/mol. The first-order valence-electron chi connectivity index (χ1n) is 9.75.